The number of aromatic nitrogens is 1. The maximum absolute atomic E-state index is 4.47. The molecule has 1 aliphatic rings. The lowest BCUT2D eigenvalue weighted by atomic mass is 9.94. The third-order valence-electron chi connectivity index (χ3n) is 4.22. The molecule has 0 unspecified atom stereocenters. The van der Waals surface area contributed by atoms with Gasteiger partial charge in [-0.1, -0.05) is 27.2 Å². The number of hydrogen-bond acceptors (Lipinski definition) is 3. The Morgan fingerprint density at radius 3 is 2.75 bits per heavy atom. The summed E-state index contributed by atoms with van der Waals surface area (Å²) in [6, 6.07) is 4.40. The number of nitrogens with zero attached hydrogens (tertiary/aromatic N) is 2. The van der Waals surface area contributed by atoms with Gasteiger partial charge in [-0.3, -0.25) is 4.98 Å². The molecule has 3 heteroatoms. The highest BCUT2D eigenvalue weighted by molar-refractivity contribution is 5.46. The van der Waals surface area contributed by atoms with Crippen molar-refractivity contribution in [2.45, 2.75) is 46.6 Å². The molecule has 0 spiro atoms. The molecule has 2 heterocycles. The first-order valence-corrected chi connectivity index (χ1v) is 8.09. The molecule has 112 valence electrons. The Morgan fingerprint density at radius 1 is 1.35 bits per heavy atom. The van der Waals surface area contributed by atoms with Crippen LogP contribution in [0.15, 0.2) is 18.3 Å². The number of pyridine rings is 1. The van der Waals surface area contributed by atoms with Crippen LogP contribution in [0, 0.1) is 11.8 Å². The Hall–Kier alpha value is -1.09. The zero-order chi connectivity index (χ0) is 14.4. The molecule has 0 saturated carbocycles. The Morgan fingerprint density at radius 2 is 2.10 bits per heavy atom. The van der Waals surface area contributed by atoms with Crippen molar-refractivity contribution in [1.29, 1.82) is 0 Å². The molecule has 0 atom stereocenters. The van der Waals surface area contributed by atoms with Crippen LogP contribution in [-0.4, -0.2) is 24.6 Å². The number of piperidine rings is 1. The zero-order valence-corrected chi connectivity index (χ0v) is 13.2. The SMILES string of the molecule is CCC1CCN(c2ccnc(CNCC(C)C)c2)CC1. The maximum Gasteiger partial charge on any atom is 0.0562 e. The van der Waals surface area contributed by atoms with E-state index in [0.717, 1.165) is 24.7 Å². The number of hydrogen-bond donors (Lipinski definition) is 1. The molecular weight excluding hydrogens is 246 g/mol. The van der Waals surface area contributed by atoms with Gasteiger partial charge in [-0.2, -0.15) is 0 Å². The Labute approximate surface area is 123 Å². The molecule has 1 saturated heterocycles. The van der Waals surface area contributed by atoms with E-state index >= 15 is 0 Å². The summed E-state index contributed by atoms with van der Waals surface area (Å²) in [6.45, 7) is 11.1. The van der Waals surface area contributed by atoms with Crippen LogP contribution in [0.5, 0.6) is 0 Å². The van der Waals surface area contributed by atoms with Crippen molar-refractivity contribution in [3.8, 4) is 0 Å². The van der Waals surface area contributed by atoms with Gasteiger partial charge < -0.3 is 10.2 Å². The lowest BCUT2D eigenvalue weighted by Gasteiger charge is -2.33. The standard InChI is InChI=1S/C17H29N3/c1-4-15-6-9-20(10-7-15)17-5-8-19-16(11-17)13-18-12-14(2)3/h5,8,11,14-15,18H,4,6-7,9-10,12-13H2,1-3H3. The quantitative estimate of drug-likeness (QED) is 0.862. The zero-order valence-electron chi connectivity index (χ0n) is 13.2. The predicted octanol–water partition coefficient (Wildman–Crippen LogP) is 3.45. The third-order valence-corrected chi connectivity index (χ3v) is 4.22. The van der Waals surface area contributed by atoms with Gasteiger partial charge in [-0.15, -0.1) is 0 Å². The highest BCUT2D eigenvalue weighted by Gasteiger charge is 2.18. The molecule has 20 heavy (non-hydrogen) atoms. The molecule has 0 radical (unpaired) electrons. The first kappa shape index (κ1) is 15.3. The molecule has 1 N–H and O–H groups in total. The molecule has 3 nitrogen and oxygen atoms in total. The Kier molecular flexibility index (Phi) is 5.84. The van der Waals surface area contributed by atoms with E-state index in [0.29, 0.717) is 5.92 Å². The summed E-state index contributed by atoms with van der Waals surface area (Å²) in [5.74, 6) is 1.62. The van der Waals surface area contributed by atoms with Crippen LogP contribution in [-0.2, 0) is 6.54 Å². The number of nitrogens with one attached hydrogen (secondary N) is 1. The molecular formula is C17H29N3. The van der Waals surface area contributed by atoms with E-state index in [1.807, 2.05) is 6.20 Å². The minimum Gasteiger partial charge on any atom is -0.371 e. The highest BCUT2D eigenvalue weighted by Crippen LogP contribution is 2.24. The van der Waals surface area contributed by atoms with Crippen molar-refractivity contribution in [3.05, 3.63) is 24.0 Å². The van der Waals surface area contributed by atoms with Crippen molar-refractivity contribution < 1.29 is 0 Å². The van der Waals surface area contributed by atoms with E-state index in [-0.39, 0.29) is 0 Å². The van der Waals surface area contributed by atoms with E-state index in [1.165, 1.54) is 38.0 Å². The van der Waals surface area contributed by atoms with Crippen molar-refractivity contribution >= 4 is 5.69 Å². The van der Waals surface area contributed by atoms with Gasteiger partial charge >= 0.3 is 0 Å². The van der Waals surface area contributed by atoms with Crippen LogP contribution in [0.3, 0.4) is 0 Å². The van der Waals surface area contributed by atoms with E-state index in [2.05, 4.69) is 48.1 Å². The van der Waals surface area contributed by atoms with Gasteiger partial charge in [0.2, 0.25) is 0 Å². The van der Waals surface area contributed by atoms with Gasteiger partial charge in [0.15, 0.2) is 0 Å². The Bertz CT molecular complexity index is 395. The molecule has 1 aliphatic heterocycles. The molecule has 1 aromatic heterocycles. The summed E-state index contributed by atoms with van der Waals surface area (Å²) in [5, 5.41) is 3.47. The van der Waals surface area contributed by atoms with Crippen LogP contribution in [0.4, 0.5) is 5.69 Å². The predicted molar refractivity (Wildman–Crippen MR) is 86.0 cm³/mol. The summed E-state index contributed by atoms with van der Waals surface area (Å²) < 4.78 is 0. The van der Waals surface area contributed by atoms with Crippen LogP contribution in [0.2, 0.25) is 0 Å². The van der Waals surface area contributed by atoms with Crippen LogP contribution >= 0.6 is 0 Å². The fourth-order valence-corrected chi connectivity index (χ4v) is 2.85. The number of rotatable bonds is 6. The minimum atomic E-state index is 0.686. The fourth-order valence-electron chi connectivity index (χ4n) is 2.85. The van der Waals surface area contributed by atoms with Crippen molar-refractivity contribution in [3.63, 3.8) is 0 Å². The van der Waals surface area contributed by atoms with Crippen LogP contribution in [0.1, 0.15) is 45.7 Å². The second-order valence-corrected chi connectivity index (χ2v) is 6.37. The van der Waals surface area contributed by atoms with Gasteiger partial charge in [0, 0.05) is 31.5 Å². The smallest absolute Gasteiger partial charge is 0.0562 e. The third kappa shape index (κ3) is 4.48. The maximum atomic E-state index is 4.47. The first-order chi connectivity index (χ1) is 9.69. The van der Waals surface area contributed by atoms with E-state index < -0.39 is 0 Å². The summed E-state index contributed by atoms with van der Waals surface area (Å²) >= 11 is 0. The van der Waals surface area contributed by atoms with Crippen molar-refractivity contribution in [2.24, 2.45) is 11.8 Å². The second kappa shape index (κ2) is 7.63. The lowest BCUT2D eigenvalue weighted by Crippen LogP contribution is -2.33. The average Bonchev–Trinajstić information content (AvgIpc) is 2.47. The largest absolute Gasteiger partial charge is 0.371 e. The normalized spacial score (nSPS) is 16.9. The summed E-state index contributed by atoms with van der Waals surface area (Å²) in [6.07, 6.45) is 5.95. The van der Waals surface area contributed by atoms with E-state index in [9.17, 15) is 0 Å². The molecule has 1 fully saturated rings. The highest BCUT2D eigenvalue weighted by atomic mass is 15.1. The lowest BCUT2D eigenvalue weighted by molar-refractivity contribution is 0.395. The van der Waals surface area contributed by atoms with Gasteiger partial charge in [0.25, 0.3) is 0 Å². The molecule has 0 aliphatic carbocycles. The molecule has 0 amide bonds. The fraction of sp³-hybridized carbons (Fsp3) is 0.706. The van der Waals surface area contributed by atoms with Crippen molar-refractivity contribution in [2.75, 3.05) is 24.5 Å². The molecule has 0 aromatic carbocycles. The van der Waals surface area contributed by atoms with Gasteiger partial charge in [-0.25, -0.2) is 0 Å². The van der Waals surface area contributed by atoms with Crippen LogP contribution < -0.4 is 10.2 Å². The summed E-state index contributed by atoms with van der Waals surface area (Å²) in [5.41, 5.74) is 2.50. The topological polar surface area (TPSA) is 28.2 Å². The average molecular weight is 275 g/mol. The van der Waals surface area contributed by atoms with E-state index in [4.69, 9.17) is 0 Å². The molecule has 2 rings (SSSR count). The number of anilines is 1. The monoisotopic (exact) mass is 275 g/mol. The summed E-state index contributed by atoms with van der Waals surface area (Å²) in [7, 11) is 0. The summed E-state index contributed by atoms with van der Waals surface area (Å²) in [4.78, 5) is 6.99. The van der Waals surface area contributed by atoms with E-state index in [1.54, 1.807) is 0 Å². The molecule has 0 bridgehead atoms. The van der Waals surface area contributed by atoms with Gasteiger partial charge in [-0.05, 0) is 43.4 Å². The Balaban J connectivity index is 1.89. The van der Waals surface area contributed by atoms with Crippen molar-refractivity contribution in [1.82, 2.24) is 10.3 Å². The minimum absolute atomic E-state index is 0.686. The van der Waals surface area contributed by atoms with Gasteiger partial charge in [0.05, 0.1) is 5.69 Å². The van der Waals surface area contributed by atoms with Gasteiger partial charge in [0.1, 0.15) is 0 Å². The molecule has 1 aromatic rings. The second-order valence-electron chi connectivity index (χ2n) is 6.37. The first-order valence-electron chi connectivity index (χ1n) is 8.09. The van der Waals surface area contributed by atoms with Crippen LogP contribution in [0.25, 0.3) is 0 Å².